The molecule has 1 nitrogen and oxygen atoms in total. The zero-order valence-electron chi connectivity index (χ0n) is 5.91. The number of benzene rings is 1. The first kappa shape index (κ1) is 7.63. The molecular weight excluding hydrogens is 142 g/mol. The lowest BCUT2D eigenvalue weighted by Gasteiger charge is -2.06. The molecule has 1 atom stereocenters. The van der Waals surface area contributed by atoms with Crippen molar-refractivity contribution in [1.29, 1.82) is 0 Å². The average molecular weight is 153 g/mol. The molecule has 0 aliphatic rings. The van der Waals surface area contributed by atoms with E-state index in [9.17, 15) is 0 Å². The largest absolute Gasteiger partial charge is 0.324 e. The molecule has 0 spiro atoms. The van der Waals surface area contributed by atoms with E-state index >= 15 is 0 Å². The van der Waals surface area contributed by atoms with E-state index in [4.69, 9.17) is 5.73 Å². The summed E-state index contributed by atoms with van der Waals surface area (Å²) in [6, 6.07) is 7.94. The minimum absolute atomic E-state index is 0.0775. The van der Waals surface area contributed by atoms with E-state index in [1.807, 2.05) is 31.2 Å². The van der Waals surface area contributed by atoms with Gasteiger partial charge in [-0.25, -0.2) is 0 Å². The van der Waals surface area contributed by atoms with Crippen molar-refractivity contribution < 1.29 is 0 Å². The summed E-state index contributed by atoms with van der Waals surface area (Å²) in [5.41, 5.74) is 6.77. The number of rotatable bonds is 1. The highest BCUT2D eigenvalue weighted by Crippen LogP contribution is 2.18. The van der Waals surface area contributed by atoms with Gasteiger partial charge in [0, 0.05) is 10.9 Å². The number of hydrogen-bond donors (Lipinski definition) is 2. The molecule has 0 radical (unpaired) electrons. The zero-order chi connectivity index (χ0) is 7.56. The van der Waals surface area contributed by atoms with Crippen LogP contribution in [0.2, 0.25) is 0 Å². The van der Waals surface area contributed by atoms with Gasteiger partial charge in [-0.05, 0) is 18.6 Å². The third-order valence-electron chi connectivity index (χ3n) is 1.43. The molecule has 1 aromatic rings. The molecule has 0 fully saturated rings. The second-order valence-electron chi connectivity index (χ2n) is 2.35. The maximum atomic E-state index is 5.67. The second kappa shape index (κ2) is 3.08. The van der Waals surface area contributed by atoms with Crippen molar-refractivity contribution in [2.24, 2.45) is 5.73 Å². The molecule has 10 heavy (non-hydrogen) atoms. The van der Waals surface area contributed by atoms with Gasteiger partial charge in [0.15, 0.2) is 0 Å². The van der Waals surface area contributed by atoms with Gasteiger partial charge in [-0.15, -0.1) is 12.6 Å². The second-order valence-corrected chi connectivity index (χ2v) is 2.83. The Morgan fingerprint density at radius 1 is 1.40 bits per heavy atom. The van der Waals surface area contributed by atoms with E-state index in [0.29, 0.717) is 0 Å². The SMILES string of the molecule is CC(N)c1ccccc1S. The van der Waals surface area contributed by atoms with Gasteiger partial charge in [0.25, 0.3) is 0 Å². The first-order chi connectivity index (χ1) is 4.72. The maximum absolute atomic E-state index is 5.67. The van der Waals surface area contributed by atoms with Crippen LogP contribution in [-0.4, -0.2) is 0 Å². The predicted octanol–water partition coefficient (Wildman–Crippen LogP) is 2.00. The van der Waals surface area contributed by atoms with Gasteiger partial charge in [0.1, 0.15) is 0 Å². The van der Waals surface area contributed by atoms with E-state index in [1.165, 1.54) is 0 Å². The smallest absolute Gasteiger partial charge is 0.0277 e. The van der Waals surface area contributed by atoms with Gasteiger partial charge < -0.3 is 5.73 Å². The molecule has 2 N–H and O–H groups in total. The van der Waals surface area contributed by atoms with Crippen molar-refractivity contribution in [2.45, 2.75) is 17.9 Å². The summed E-state index contributed by atoms with van der Waals surface area (Å²) in [5.74, 6) is 0. The lowest BCUT2D eigenvalue weighted by atomic mass is 10.1. The lowest BCUT2D eigenvalue weighted by molar-refractivity contribution is 0.798. The van der Waals surface area contributed by atoms with Crippen molar-refractivity contribution in [3.05, 3.63) is 29.8 Å². The quantitative estimate of drug-likeness (QED) is 0.593. The number of thiol groups is 1. The fraction of sp³-hybridized carbons (Fsp3) is 0.250. The summed E-state index contributed by atoms with van der Waals surface area (Å²) in [4.78, 5) is 0.970. The number of hydrogen-bond acceptors (Lipinski definition) is 2. The standard InChI is InChI=1S/C8H11NS/c1-6(9)7-4-2-3-5-8(7)10/h2-6,10H,9H2,1H3. The fourth-order valence-corrected chi connectivity index (χ4v) is 1.24. The van der Waals surface area contributed by atoms with Crippen molar-refractivity contribution >= 4 is 12.6 Å². The Morgan fingerprint density at radius 2 is 2.00 bits per heavy atom. The van der Waals surface area contributed by atoms with Crippen LogP contribution in [0.4, 0.5) is 0 Å². The summed E-state index contributed by atoms with van der Waals surface area (Å²) in [7, 11) is 0. The summed E-state index contributed by atoms with van der Waals surface area (Å²) in [6.45, 7) is 1.95. The van der Waals surface area contributed by atoms with Gasteiger partial charge in [-0.1, -0.05) is 18.2 Å². The van der Waals surface area contributed by atoms with Crippen LogP contribution in [0.5, 0.6) is 0 Å². The van der Waals surface area contributed by atoms with Gasteiger partial charge >= 0.3 is 0 Å². The normalized spacial score (nSPS) is 13.1. The Kier molecular flexibility index (Phi) is 2.35. The lowest BCUT2D eigenvalue weighted by Crippen LogP contribution is -2.05. The molecule has 2 heteroatoms. The summed E-state index contributed by atoms with van der Waals surface area (Å²) in [6.07, 6.45) is 0. The average Bonchev–Trinajstić information content (AvgIpc) is 1.88. The van der Waals surface area contributed by atoms with Crippen molar-refractivity contribution in [2.75, 3.05) is 0 Å². The monoisotopic (exact) mass is 153 g/mol. The molecule has 0 saturated carbocycles. The molecule has 0 aliphatic carbocycles. The van der Waals surface area contributed by atoms with Crippen LogP contribution in [0.1, 0.15) is 18.5 Å². The predicted molar refractivity (Wildman–Crippen MR) is 46.3 cm³/mol. The Morgan fingerprint density at radius 3 is 2.40 bits per heavy atom. The Bertz CT molecular complexity index is 220. The molecule has 0 bridgehead atoms. The number of nitrogens with two attached hydrogens (primary N) is 1. The third-order valence-corrected chi connectivity index (χ3v) is 1.83. The van der Waals surface area contributed by atoms with Crippen LogP contribution in [0.15, 0.2) is 29.2 Å². The van der Waals surface area contributed by atoms with Gasteiger partial charge in [0.2, 0.25) is 0 Å². The van der Waals surface area contributed by atoms with Crippen LogP contribution >= 0.6 is 12.6 Å². The van der Waals surface area contributed by atoms with Crippen molar-refractivity contribution in [3.8, 4) is 0 Å². The van der Waals surface area contributed by atoms with Crippen LogP contribution < -0.4 is 5.73 Å². The maximum Gasteiger partial charge on any atom is 0.0277 e. The van der Waals surface area contributed by atoms with Crippen LogP contribution in [-0.2, 0) is 0 Å². The Hall–Kier alpha value is -0.470. The van der Waals surface area contributed by atoms with Crippen LogP contribution in [0.3, 0.4) is 0 Å². The first-order valence-electron chi connectivity index (χ1n) is 3.25. The highest BCUT2D eigenvalue weighted by atomic mass is 32.1. The fourth-order valence-electron chi connectivity index (χ4n) is 0.873. The Balaban J connectivity index is 3.03. The topological polar surface area (TPSA) is 26.0 Å². The van der Waals surface area contributed by atoms with E-state index < -0.39 is 0 Å². The molecule has 0 amide bonds. The van der Waals surface area contributed by atoms with E-state index in [1.54, 1.807) is 0 Å². The molecule has 0 aromatic heterocycles. The van der Waals surface area contributed by atoms with E-state index in [0.717, 1.165) is 10.5 Å². The van der Waals surface area contributed by atoms with Crippen molar-refractivity contribution in [1.82, 2.24) is 0 Å². The summed E-state index contributed by atoms with van der Waals surface area (Å²) >= 11 is 4.26. The zero-order valence-corrected chi connectivity index (χ0v) is 6.81. The van der Waals surface area contributed by atoms with Gasteiger partial charge in [-0.2, -0.15) is 0 Å². The summed E-state index contributed by atoms with van der Waals surface area (Å²) in [5, 5.41) is 0. The van der Waals surface area contributed by atoms with Gasteiger partial charge in [0.05, 0.1) is 0 Å². The minimum atomic E-state index is 0.0775. The highest BCUT2D eigenvalue weighted by Gasteiger charge is 2.00. The molecular formula is C8H11NS. The summed E-state index contributed by atoms with van der Waals surface area (Å²) < 4.78 is 0. The molecule has 1 aromatic carbocycles. The Labute approximate surface area is 66.7 Å². The van der Waals surface area contributed by atoms with Crippen LogP contribution in [0, 0.1) is 0 Å². The van der Waals surface area contributed by atoms with E-state index in [-0.39, 0.29) is 6.04 Å². The molecule has 54 valence electrons. The van der Waals surface area contributed by atoms with E-state index in [2.05, 4.69) is 12.6 Å². The molecule has 0 heterocycles. The van der Waals surface area contributed by atoms with Crippen LogP contribution in [0.25, 0.3) is 0 Å². The van der Waals surface area contributed by atoms with Gasteiger partial charge in [-0.3, -0.25) is 0 Å². The van der Waals surface area contributed by atoms with Crippen molar-refractivity contribution in [3.63, 3.8) is 0 Å². The third kappa shape index (κ3) is 1.52. The molecule has 1 unspecified atom stereocenters. The molecule has 0 saturated heterocycles. The molecule has 0 aliphatic heterocycles. The molecule has 1 rings (SSSR count). The minimum Gasteiger partial charge on any atom is -0.324 e. The highest BCUT2D eigenvalue weighted by molar-refractivity contribution is 7.80. The first-order valence-corrected chi connectivity index (χ1v) is 3.70.